The molecule has 1 unspecified atom stereocenters. The highest BCUT2D eigenvalue weighted by atomic mass is 16.5. The van der Waals surface area contributed by atoms with E-state index in [0.717, 1.165) is 30.7 Å². The Morgan fingerprint density at radius 2 is 1.92 bits per heavy atom. The lowest BCUT2D eigenvalue weighted by Gasteiger charge is -2.14. The molecule has 1 fully saturated rings. The minimum Gasteiger partial charge on any atom is -0.491 e. The van der Waals surface area contributed by atoms with E-state index in [0.29, 0.717) is 19.8 Å². The largest absolute Gasteiger partial charge is 0.491 e. The molecule has 1 aliphatic heterocycles. The first-order valence-electron chi connectivity index (χ1n) is 8.47. The summed E-state index contributed by atoms with van der Waals surface area (Å²) in [6, 6.07) is 18.0. The highest BCUT2D eigenvalue weighted by Gasteiger charge is 2.24. The number of benzene rings is 2. The van der Waals surface area contributed by atoms with E-state index in [9.17, 15) is 4.79 Å². The first-order valence-corrected chi connectivity index (χ1v) is 8.47. The number of carbonyl (C=O) groups is 1. The van der Waals surface area contributed by atoms with Crippen LogP contribution in [0.3, 0.4) is 0 Å². The molecule has 3 rings (SSSR count). The van der Waals surface area contributed by atoms with Gasteiger partial charge in [0.25, 0.3) is 0 Å². The third-order valence-electron chi connectivity index (χ3n) is 4.16. The normalized spacial score (nSPS) is 16.8. The van der Waals surface area contributed by atoms with Gasteiger partial charge in [0.15, 0.2) is 0 Å². The Hall–Kier alpha value is -2.33. The second kappa shape index (κ2) is 8.50. The molecule has 4 heteroatoms. The molecule has 24 heavy (non-hydrogen) atoms. The summed E-state index contributed by atoms with van der Waals surface area (Å²) >= 11 is 0. The van der Waals surface area contributed by atoms with Crippen LogP contribution in [-0.4, -0.2) is 25.7 Å². The average Bonchev–Trinajstić information content (AvgIpc) is 3.16. The van der Waals surface area contributed by atoms with Gasteiger partial charge < -0.3 is 14.8 Å². The van der Waals surface area contributed by atoms with Crippen LogP contribution in [0.5, 0.6) is 5.75 Å². The average molecular weight is 325 g/mol. The fraction of sp³-hybridized carbons (Fsp3) is 0.350. The summed E-state index contributed by atoms with van der Waals surface area (Å²) in [5, 5.41) is 2.97. The Labute approximate surface area is 142 Å². The van der Waals surface area contributed by atoms with Gasteiger partial charge in [-0.25, -0.2) is 0 Å². The van der Waals surface area contributed by atoms with Gasteiger partial charge in [0.1, 0.15) is 5.75 Å². The Bertz CT molecular complexity index is 651. The first-order chi connectivity index (χ1) is 11.8. The van der Waals surface area contributed by atoms with Gasteiger partial charge in [-0.05, 0) is 37.0 Å². The van der Waals surface area contributed by atoms with Gasteiger partial charge in [-0.3, -0.25) is 4.79 Å². The van der Waals surface area contributed by atoms with Crippen molar-refractivity contribution in [3.8, 4) is 5.75 Å². The number of nitrogens with one attached hydrogen (secondary N) is 1. The second-order valence-corrected chi connectivity index (χ2v) is 5.98. The molecular weight excluding hydrogens is 302 g/mol. The van der Waals surface area contributed by atoms with Gasteiger partial charge in [-0.15, -0.1) is 0 Å². The molecule has 1 heterocycles. The van der Waals surface area contributed by atoms with Crippen LogP contribution in [-0.2, 0) is 16.0 Å². The van der Waals surface area contributed by atoms with Gasteiger partial charge in [-0.2, -0.15) is 0 Å². The van der Waals surface area contributed by atoms with Crippen LogP contribution in [0, 0.1) is 5.92 Å². The van der Waals surface area contributed by atoms with E-state index in [1.165, 1.54) is 5.56 Å². The SMILES string of the molecule is O=C(Nc1ccccc1OCCCc1ccccc1)C1CCOC1. The van der Waals surface area contributed by atoms with Gasteiger partial charge >= 0.3 is 0 Å². The lowest BCUT2D eigenvalue weighted by Crippen LogP contribution is -2.23. The lowest BCUT2D eigenvalue weighted by molar-refractivity contribution is -0.119. The minimum atomic E-state index is -0.0591. The summed E-state index contributed by atoms with van der Waals surface area (Å²) in [7, 11) is 0. The van der Waals surface area contributed by atoms with Crippen molar-refractivity contribution in [2.24, 2.45) is 5.92 Å². The molecule has 0 aromatic heterocycles. The van der Waals surface area contributed by atoms with Crippen molar-refractivity contribution in [3.05, 3.63) is 60.2 Å². The van der Waals surface area contributed by atoms with Crippen molar-refractivity contribution >= 4 is 11.6 Å². The maximum atomic E-state index is 12.2. The topological polar surface area (TPSA) is 47.6 Å². The summed E-state index contributed by atoms with van der Waals surface area (Å²) < 4.78 is 11.2. The van der Waals surface area contributed by atoms with Crippen LogP contribution >= 0.6 is 0 Å². The van der Waals surface area contributed by atoms with Crippen LogP contribution in [0.4, 0.5) is 5.69 Å². The highest BCUT2D eigenvalue weighted by Crippen LogP contribution is 2.25. The first kappa shape index (κ1) is 16.5. The molecule has 0 spiro atoms. The minimum absolute atomic E-state index is 0.00726. The third kappa shape index (κ3) is 4.59. The predicted octanol–water partition coefficient (Wildman–Crippen LogP) is 3.67. The van der Waals surface area contributed by atoms with Crippen LogP contribution in [0.1, 0.15) is 18.4 Å². The van der Waals surface area contributed by atoms with E-state index in [2.05, 4.69) is 17.4 Å². The summed E-state index contributed by atoms with van der Waals surface area (Å²) in [4.78, 5) is 12.2. The molecular formula is C20H23NO3. The van der Waals surface area contributed by atoms with Crippen LogP contribution < -0.4 is 10.1 Å². The lowest BCUT2D eigenvalue weighted by atomic mass is 10.1. The summed E-state index contributed by atoms with van der Waals surface area (Å²) in [5.41, 5.74) is 2.04. The molecule has 4 nitrogen and oxygen atoms in total. The van der Waals surface area contributed by atoms with Gasteiger partial charge in [-0.1, -0.05) is 42.5 Å². The molecule has 126 valence electrons. The molecule has 1 atom stereocenters. The molecule has 0 radical (unpaired) electrons. The Balaban J connectivity index is 1.51. The number of hydrogen-bond acceptors (Lipinski definition) is 3. The Morgan fingerprint density at radius 3 is 2.71 bits per heavy atom. The fourth-order valence-electron chi connectivity index (χ4n) is 2.77. The van der Waals surface area contributed by atoms with E-state index >= 15 is 0 Å². The zero-order valence-electron chi connectivity index (χ0n) is 13.7. The number of anilines is 1. The van der Waals surface area contributed by atoms with Crippen molar-refractivity contribution in [1.82, 2.24) is 0 Å². The Kier molecular flexibility index (Phi) is 5.85. The number of rotatable bonds is 7. The zero-order valence-corrected chi connectivity index (χ0v) is 13.7. The van der Waals surface area contributed by atoms with E-state index in [4.69, 9.17) is 9.47 Å². The van der Waals surface area contributed by atoms with E-state index in [-0.39, 0.29) is 11.8 Å². The van der Waals surface area contributed by atoms with Crippen molar-refractivity contribution < 1.29 is 14.3 Å². The number of hydrogen-bond donors (Lipinski definition) is 1. The van der Waals surface area contributed by atoms with Gasteiger partial charge in [0, 0.05) is 6.61 Å². The molecule has 2 aromatic carbocycles. The number of aryl methyl sites for hydroxylation is 1. The highest BCUT2D eigenvalue weighted by molar-refractivity contribution is 5.94. The Morgan fingerprint density at radius 1 is 1.12 bits per heavy atom. The third-order valence-corrected chi connectivity index (χ3v) is 4.16. The monoisotopic (exact) mass is 325 g/mol. The number of ether oxygens (including phenoxy) is 2. The van der Waals surface area contributed by atoms with Gasteiger partial charge in [0.2, 0.25) is 5.91 Å². The second-order valence-electron chi connectivity index (χ2n) is 5.98. The van der Waals surface area contributed by atoms with Crippen LogP contribution in [0.25, 0.3) is 0 Å². The molecule has 1 amide bonds. The van der Waals surface area contributed by atoms with Crippen molar-refractivity contribution in [1.29, 1.82) is 0 Å². The van der Waals surface area contributed by atoms with E-state index in [1.807, 2.05) is 42.5 Å². The predicted molar refractivity (Wildman–Crippen MR) is 94.3 cm³/mol. The standard InChI is InChI=1S/C20H23NO3/c22-20(17-12-14-23-15-17)21-18-10-4-5-11-19(18)24-13-6-9-16-7-2-1-3-8-16/h1-5,7-8,10-11,17H,6,9,12-15H2,(H,21,22). The summed E-state index contributed by atoms with van der Waals surface area (Å²) in [6.07, 6.45) is 2.70. The van der Waals surface area contributed by atoms with Gasteiger partial charge in [0.05, 0.1) is 24.8 Å². The zero-order chi connectivity index (χ0) is 16.6. The maximum Gasteiger partial charge on any atom is 0.230 e. The van der Waals surface area contributed by atoms with Crippen molar-refractivity contribution in [3.63, 3.8) is 0 Å². The number of carbonyl (C=O) groups excluding carboxylic acids is 1. The van der Waals surface area contributed by atoms with Crippen LogP contribution in [0.15, 0.2) is 54.6 Å². The van der Waals surface area contributed by atoms with Crippen LogP contribution in [0.2, 0.25) is 0 Å². The number of para-hydroxylation sites is 2. The smallest absolute Gasteiger partial charge is 0.230 e. The quantitative estimate of drug-likeness (QED) is 0.790. The molecule has 0 saturated carbocycles. The number of amides is 1. The maximum absolute atomic E-state index is 12.2. The molecule has 0 bridgehead atoms. The summed E-state index contributed by atoms with van der Waals surface area (Å²) in [6.45, 7) is 1.79. The summed E-state index contributed by atoms with van der Waals surface area (Å²) in [5.74, 6) is 0.668. The molecule has 2 aromatic rings. The fourth-order valence-corrected chi connectivity index (χ4v) is 2.77. The van der Waals surface area contributed by atoms with E-state index in [1.54, 1.807) is 0 Å². The van der Waals surface area contributed by atoms with Crippen molar-refractivity contribution in [2.75, 3.05) is 25.1 Å². The molecule has 1 saturated heterocycles. The van der Waals surface area contributed by atoms with E-state index < -0.39 is 0 Å². The molecule has 1 aliphatic rings. The van der Waals surface area contributed by atoms with Crippen molar-refractivity contribution in [2.45, 2.75) is 19.3 Å². The molecule has 0 aliphatic carbocycles. The molecule has 1 N–H and O–H groups in total.